The highest BCUT2D eigenvalue weighted by Gasteiger charge is 2.16. The van der Waals surface area contributed by atoms with Crippen molar-refractivity contribution in [3.8, 4) is 16.6 Å². The van der Waals surface area contributed by atoms with Gasteiger partial charge in [0.1, 0.15) is 23.2 Å². The maximum absolute atomic E-state index is 12.6. The highest BCUT2D eigenvalue weighted by Crippen LogP contribution is 2.25. The van der Waals surface area contributed by atoms with E-state index in [0.717, 1.165) is 5.56 Å². The number of aryl methyl sites for hydroxylation is 1. The van der Waals surface area contributed by atoms with Gasteiger partial charge in [0, 0.05) is 23.9 Å². The number of nitrogens with zero attached hydrogens (tertiary/aromatic N) is 4. The third kappa shape index (κ3) is 4.14. The second-order valence-electron chi connectivity index (χ2n) is 5.95. The summed E-state index contributed by atoms with van der Waals surface area (Å²) in [6.45, 7) is 1.62. The molecule has 1 aromatic carbocycles. The van der Waals surface area contributed by atoms with Gasteiger partial charge < -0.3 is 9.30 Å². The highest BCUT2D eigenvalue weighted by atomic mass is 32.1. The van der Waals surface area contributed by atoms with E-state index in [1.807, 2.05) is 36.4 Å². The number of methoxy groups -OCH3 is 1. The van der Waals surface area contributed by atoms with E-state index in [4.69, 9.17) is 4.74 Å². The molecular weight excluding hydrogens is 378 g/mol. The molecule has 3 rings (SSSR count). The lowest BCUT2D eigenvalue weighted by molar-refractivity contribution is -0.116. The van der Waals surface area contributed by atoms with Crippen molar-refractivity contribution in [1.29, 1.82) is 5.26 Å². The summed E-state index contributed by atoms with van der Waals surface area (Å²) in [6, 6.07) is 13.1. The molecule has 1 N–H and O–H groups in total. The van der Waals surface area contributed by atoms with Gasteiger partial charge in [0.15, 0.2) is 0 Å². The topological polar surface area (TPSA) is 110 Å². The van der Waals surface area contributed by atoms with Crippen LogP contribution in [0.2, 0.25) is 0 Å². The minimum absolute atomic E-state index is 0.0254. The Hall–Kier alpha value is -3.35. The number of carbonyl (C=O) groups excluding carboxylic acids is 1. The van der Waals surface area contributed by atoms with Gasteiger partial charge in [-0.1, -0.05) is 41.7 Å². The standard InChI is InChI=1S/C19H17N5O3S/c1-12-8-14(11-27-2)15(9-20)18(26)24(12)10-16(25)21-19-23-22-17(28-19)13-6-4-3-5-7-13/h3-8H,10-11H2,1-2H3,(H,21,23,25). The van der Waals surface area contributed by atoms with E-state index in [1.54, 1.807) is 13.0 Å². The molecule has 142 valence electrons. The van der Waals surface area contributed by atoms with Crippen LogP contribution < -0.4 is 10.9 Å². The second-order valence-corrected chi connectivity index (χ2v) is 6.93. The number of ether oxygens (including phenoxy) is 1. The van der Waals surface area contributed by atoms with Crippen LogP contribution in [0.25, 0.3) is 10.6 Å². The van der Waals surface area contributed by atoms with Crippen LogP contribution in [0.5, 0.6) is 0 Å². The molecule has 2 aromatic heterocycles. The van der Waals surface area contributed by atoms with Crippen molar-refractivity contribution in [3.63, 3.8) is 0 Å². The Labute approximate surface area is 165 Å². The van der Waals surface area contributed by atoms with Crippen LogP contribution in [0.1, 0.15) is 16.8 Å². The number of nitrogens with one attached hydrogen (secondary N) is 1. The number of amides is 1. The first-order valence-corrected chi connectivity index (χ1v) is 9.16. The summed E-state index contributed by atoms with van der Waals surface area (Å²) in [5, 5.41) is 21.0. The molecule has 0 aliphatic carbocycles. The minimum atomic E-state index is -0.521. The van der Waals surface area contributed by atoms with Crippen molar-refractivity contribution < 1.29 is 9.53 Å². The molecule has 8 nitrogen and oxygen atoms in total. The number of pyridine rings is 1. The average Bonchev–Trinajstić information content (AvgIpc) is 3.15. The van der Waals surface area contributed by atoms with Crippen LogP contribution in [0.3, 0.4) is 0 Å². The predicted octanol–water partition coefficient (Wildman–Crippen LogP) is 2.33. The van der Waals surface area contributed by atoms with Gasteiger partial charge in [0.05, 0.1) is 6.61 Å². The predicted molar refractivity (Wildman–Crippen MR) is 105 cm³/mol. The average molecular weight is 395 g/mol. The number of carbonyl (C=O) groups is 1. The molecule has 0 spiro atoms. The Balaban J connectivity index is 1.78. The SMILES string of the molecule is COCc1cc(C)n(CC(=O)Nc2nnc(-c3ccccc3)s2)c(=O)c1C#N. The van der Waals surface area contributed by atoms with Crippen LogP contribution in [0.15, 0.2) is 41.2 Å². The molecule has 28 heavy (non-hydrogen) atoms. The van der Waals surface area contributed by atoms with Gasteiger partial charge in [-0.05, 0) is 13.0 Å². The first-order valence-electron chi connectivity index (χ1n) is 8.34. The van der Waals surface area contributed by atoms with Crippen LogP contribution in [-0.2, 0) is 22.7 Å². The van der Waals surface area contributed by atoms with Gasteiger partial charge in [0.2, 0.25) is 11.0 Å². The van der Waals surface area contributed by atoms with E-state index in [0.29, 0.717) is 21.4 Å². The normalized spacial score (nSPS) is 10.5. The minimum Gasteiger partial charge on any atom is -0.380 e. The summed E-state index contributed by atoms with van der Waals surface area (Å²) >= 11 is 1.24. The number of hydrogen-bond acceptors (Lipinski definition) is 7. The fourth-order valence-corrected chi connectivity index (χ4v) is 3.46. The summed E-state index contributed by atoms with van der Waals surface area (Å²) in [7, 11) is 1.49. The quantitative estimate of drug-likeness (QED) is 0.686. The number of nitriles is 1. The molecule has 0 unspecified atom stereocenters. The van der Waals surface area contributed by atoms with E-state index in [9.17, 15) is 14.9 Å². The van der Waals surface area contributed by atoms with Gasteiger partial charge in [-0.2, -0.15) is 5.26 Å². The van der Waals surface area contributed by atoms with Gasteiger partial charge in [0.25, 0.3) is 5.56 Å². The number of hydrogen-bond donors (Lipinski definition) is 1. The first-order chi connectivity index (χ1) is 13.5. The van der Waals surface area contributed by atoms with Crippen LogP contribution in [0.4, 0.5) is 5.13 Å². The maximum Gasteiger partial charge on any atom is 0.269 e. The third-order valence-electron chi connectivity index (χ3n) is 3.99. The van der Waals surface area contributed by atoms with E-state index >= 15 is 0 Å². The largest absolute Gasteiger partial charge is 0.380 e. The molecule has 0 aliphatic rings. The Kier molecular flexibility index (Phi) is 5.93. The van der Waals surface area contributed by atoms with E-state index in [2.05, 4.69) is 15.5 Å². The molecular formula is C19H17N5O3S. The van der Waals surface area contributed by atoms with E-state index in [1.165, 1.54) is 23.0 Å². The molecule has 0 saturated carbocycles. The molecule has 1 amide bonds. The van der Waals surface area contributed by atoms with Gasteiger partial charge in [-0.3, -0.25) is 14.9 Å². The molecule has 9 heteroatoms. The number of benzene rings is 1. The lowest BCUT2D eigenvalue weighted by atomic mass is 10.1. The summed E-state index contributed by atoms with van der Waals surface area (Å²) in [4.78, 5) is 25.0. The van der Waals surface area contributed by atoms with Gasteiger partial charge in [-0.15, -0.1) is 10.2 Å². The molecule has 3 aromatic rings. The number of aromatic nitrogens is 3. The van der Waals surface area contributed by atoms with Crippen LogP contribution in [-0.4, -0.2) is 27.8 Å². The lowest BCUT2D eigenvalue weighted by Gasteiger charge is -2.12. The first kappa shape index (κ1) is 19.4. The van der Waals surface area contributed by atoms with Gasteiger partial charge in [-0.25, -0.2) is 0 Å². The zero-order valence-electron chi connectivity index (χ0n) is 15.3. The zero-order chi connectivity index (χ0) is 20.1. The fraction of sp³-hybridized carbons (Fsp3) is 0.211. The smallest absolute Gasteiger partial charge is 0.269 e. The van der Waals surface area contributed by atoms with Crippen molar-refractivity contribution >= 4 is 22.4 Å². The Morgan fingerprint density at radius 3 is 2.75 bits per heavy atom. The molecule has 0 fully saturated rings. The summed E-state index contributed by atoms with van der Waals surface area (Å²) in [5.41, 5.74) is 1.42. The second kappa shape index (κ2) is 8.56. The Morgan fingerprint density at radius 1 is 1.32 bits per heavy atom. The molecule has 0 atom stereocenters. The lowest BCUT2D eigenvalue weighted by Crippen LogP contribution is -2.31. The van der Waals surface area contributed by atoms with Gasteiger partial charge >= 0.3 is 0 Å². The highest BCUT2D eigenvalue weighted by molar-refractivity contribution is 7.18. The van der Waals surface area contributed by atoms with Crippen molar-refractivity contribution in [2.24, 2.45) is 0 Å². The maximum atomic E-state index is 12.6. The molecule has 0 radical (unpaired) electrons. The monoisotopic (exact) mass is 395 g/mol. The van der Waals surface area contributed by atoms with E-state index < -0.39 is 11.5 Å². The molecule has 0 aliphatic heterocycles. The van der Waals surface area contributed by atoms with Crippen LogP contribution >= 0.6 is 11.3 Å². The van der Waals surface area contributed by atoms with Crippen molar-refractivity contribution in [2.75, 3.05) is 12.4 Å². The van der Waals surface area contributed by atoms with Crippen molar-refractivity contribution in [2.45, 2.75) is 20.1 Å². The Morgan fingerprint density at radius 2 is 2.07 bits per heavy atom. The molecule has 0 bridgehead atoms. The van der Waals surface area contributed by atoms with E-state index in [-0.39, 0.29) is 18.7 Å². The van der Waals surface area contributed by atoms with Crippen LogP contribution in [0, 0.1) is 18.3 Å². The van der Waals surface area contributed by atoms with Crippen molar-refractivity contribution in [1.82, 2.24) is 14.8 Å². The summed E-state index contributed by atoms with van der Waals surface area (Å²) < 4.78 is 6.28. The third-order valence-corrected chi connectivity index (χ3v) is 4.88. The Bertz CT molecular complexity index is 1100. The number of rotatable bonds is 6. The molecule has 0 saturated heterocycles. The zero-order valence-corrected chi connectivity index (χ0v) is 16.1. The summed E-state index contributed by atoms with van der Waals surface area (Å²) in [5.74, 6) is -0.427. The fourth-order valence-electron chi connectivity index (χ4n) is 2.69. The van der Waals surface area contributed by atoms with Crippen molar-refractivity contribution in [3.05, 3.63) is 63.6 Å². The number of anilines is 1. The summed E-state index contributed by atoms with van der Waals surface area (Å²) in [6.07, 6.45) is 0. The molecule has 2 heterocycles.